The van der Waals surface area contributed by atoms with Crippen LogP contribution < -0.4 is 15.1 Å². The number of ketones is 1. The van der Waals surface area contributed by atoms with Crippen LogP contribution in [-0.4, -0.2) is 52.0 Å². The molecule has 2 bridgehead atoms. The third-order valence-electron chi connectivity index (χ3n) is 5.70. The van der Waals surface area contributed by atoms with E-state index in [1.54, 1.807) is 6.07 Å². The van der Waals surface area contributed by atoms with Crippen LogP contribution in [0.25, 0.3) is 0 Å². The van der Waals surface area contributed by atoms with E-state index in [1.165, 1.54) is 23.2 Å². The molecule has 2 aliphatic heterocycles. The summed E-state index contributed by atoms with van der Waals surface area (Å²) in [6.07, 6.45) is -3.47. The highest BCUT2D eigenvalue weighted by Crippen LogP contribution is 2.39. The van der Waals surface area contributed by atoms with E-state index in [0.717, 1.165) is 13.0 Å². The van der Waals surface area contributed by atoms with Crippen molar-refractivity contribution in [2.45, 2.75) is 32.0 Å². The smallest absolute Gasteiger partial charge is 0.366 e. The first-order valence-corrected chi connectivity index (χ1v) is 10.1. The molecule has 2 aromatic rings. The van der Waals surface area contributed by atoms with E-state index < -0.39 is 35.3 Å². The molecule has 0 saturated carbocycles. The SMILES string of the molecule is C[C@@H](CC(=O)c1ccc2c(n1)N(C(=O)Nc1cc([N+](=O)[O-])ccn1)[C@H]1CCN2C1)C(F)(F)F. The molecule has 33 heavy (non-hydrogen) atoms. The normalized spacial score (nSPS) is 18.0. The first-order chi connectivity index (χ1) is 15.5. The summed E-state index contributed by atoms with van der Waals surface area (Å²) in [6, 6.07) is 4.28. The zero-order chi connectivity index (χ0) is 23.9. The van der Waals surface area contributed by atoms with Crippen LogP contribution in [0.2, 0.25) is 0 Å². The fraction of sp³-hybridized carbons (Fsp3) is 0.400. The number of nitro groups is 1. The maximum Gasteiger partial charge on any atom is 0.391 e. The summed E-state index contributed by atoms with van der Waals surface area (Å²) in [6.45, 7) is 2.08. The van der Waals surface area contributed by atoms with Gasteiger partial charge in [0, 0.05) is 31.8 Å². The lowest BCUT2D eigenvalue weighted by molar-refractivity contribution is -0.384. The predicted octanol–water partition coefficient (Wildman–Crippen LogP) is 3.79. The molecule has 174 valence electrons. The third kappa shape index (κ3) is 4.43. The first-order valence-electron chi connectivity index (χ1n) is 10.1. The van der Waals surface area contributed by atoms with Crippen molar-refractivity contribution in [3.8, 4) is 0 Å². The Hall–Kier alpha value is -3.77. The molecule has 1 N–H and O–H groups in total. The highest BCUT2D eigenvalue weighted by atomic mass is 19.4. The molecule has 13 heteroatoms. The second kappa shape index (κ2) is 8.30. The number of nitrogens with one attached hydrogen (secondary N) is 1. The number of amides is 2. The van der Waals surface area contributed by atoms with E-state index in [9.17, 15) is 32.9 Å². The molecule has 1 fully saturated rings. The molecule has 1 saturated heterocycles. The summed E-state index contributed by atoms with van der Waals surface area (Å²) in [4.78, 5) is 47.4. The van der Waals surface area contributed by atoms with E-state index >= 15 is 0 Å². The van der Waals surface area contributed by atoms with Gasteiger partial charge in [-0.3, -0.25) is 25.1 Å². The van der Waals surface area contributed by atoms with Crippen LogP contribution in [0, 0.1) is 16.0 Å². The summed E-state index contributed by atoms with van der Waals surface area (Å²) >= 11 is 0. The van der Waals surface area contributed by atoms with Gasteiger partial charge in [-0.15, -0.1) is 0 Å². The van der Waals surface area contributed by atoms with Crippen LogP contribution in [0.3, 0.4) is 0 Å². The number of alkyl halides is 3. The largest absolute Gasteiger partial charge is 0.391 e. The average Bonchev–Trinajstić information content (AvgIpc) is 3.17. The highest BCUT2D eigenvalue weighted by Gasteiger charge is 2.41. The average molecular weight is 464 g/mol. The first kappa shape index (κ1) is 22.4. The summed E-state index contributed by atoms with van der Waals surface area (Å²) in [5.41, 5.74) is 0.154. The number of carbonyl (C=O) groups excluding carboxylic acids is 2. The monoisotopic (exact) mass is 464 g/mol. The maximum atomic E-state index is 13.1. The number of Topliss-reactive ketones (excluding diaryl/α,β-unsaturated/α-hetero) is 1. The minimum Gasteiger partial charge on any atom is -0.366 e. The Balaban J connectivity index is 1.62. The number of hydrogen-bond donors (Lipinski definition) is 1. The highest BCUT2D eigenvalue weighted by molar-refractivity contribution is 6.05. The number of fused-ring (bicyclic) bond motifs is 4. The molecule has 0 aliphatic carbocycles. The van der Waals surface area contributed by atoms with Crippen LogP contribution in [0.1, 0.15) is 30.3 Å². The molecule has 2 aromatic heterocycles. The van der Waals surface area contributed by atoms with E-state index in [1.807, 2.05) is 4.90 Å². The topological polar surface area (TPSA) is 122 Å². The van der Waals surface area contributed by atoms with Gasteiger partial charge in [0.05, 0.1) is 28.6 Å². The number of aromatic nitrogens is 2. The number of urea groups is 1. The van der Waals surface area contributed by atoms with Gasteiger partial charge in [0.15, 0.2) is 11.6 Å². The van der Waals surface area contributed by atoms with Crippen LogP contribution in [0.15, 0.2) is 30.5 Å². The molecule has 10 nitrogen and oxygen atoms in total. The van der Waals surface area contributed by atoms with Gasteiger partial charge < -0.3 is 4.90 Å². The van der Waals surface area contributed by atoms with Gasteiger partial charge in [-0.25, -0.2) is 14.8 Å². The molecule has 0 unspecified atom stereocenters. The van der Waals surface area contributed by atoms with Crippen molar-refractivity contribution >= 4 is 34.8 Å². The van der Waals surface area contributed by atoms with Crippen LogP contribution in [0.4, 0.5) is 41.0 Å². The number of anilines is 3. The van der Waals surface area contributed by atoms with E-state index in [2.05, 4.69) is 15.3 Å². The Labute approximate surface area is 185 Å². The van der Waals surface area contributed by atoms with Gasteiger partial charge in [0.1, 0.15) is 11.5 Å². The molecule has 2 aliphatic rings. The van der Waals surface area contributed by atoms with Crippen molar-refractivity contribution in [3.63, 3.8) is 0 Å². The third-order valence-corrected chi connectivity index (χ3v) is 5.70. The van der Waals surface area contributed by atoms with Gasteiger partial charge in [0.25, 0.3) is 5.69 Å². The fourth-order valence-corrected chi connectivity index (χ4v) is 3.90. The van der Waals surface area contributed by atoms with Crippen LogP contribution in [0.5, 0.6) is 0 Å². The van der Waals surface area contributed by atoms with Gasteiger partial charge >= 0.3 is 12.2 Å². The summed E-state index contributed by atoms with van der Waals surface area (Å²) in [7, 11) is 0. The van der Waals surface area contributed by atoms with Gasteiger partial charge in [-0.2, -0.15) is 13.2 Å². The number of pyridine rings is 2. The van der Waals surface area contributed by atoms with Gasteiger partial charge in [-0.1, -0.05) is 6.92 Å². The molecular formula is C20H19F3N6O4. The molecule has 4 rings (SSSR count). The number of nitrogens with zero attached hydrogens (tertiary/aromatic N) is 5. The summed E-state index contributed by atoms with van der Waals surface area (Å²) in [5.74, 6) is -2.50. The standard InChI is InChI=1S/C20H19F3N6O4/c1-11(20(21,22)23)8-16(30)14-2-3-15-18(25-14)28(13-5-7-27(15)10-13)19(31)26-17-9-12(29(32)33)4-6-24-17/h2-4,6,9,11,13H,5,7-8,10H2,1H3,(H,24,26,31)/t11-,13-/m0/s1. The summed E-state index contributed by atoms with van der Waals surface area (Å²) < 4.78 is 38.6. The van der Waals surface area contributed by atoms with E-state index in [-0.39, 0.29) is 29.1 Å². The van der Waals surface area contributed by atoms with Crippen molar-refractivity contribution in [2.75, 3.05) is 28.2 Å². The minimum absolute atomic E-state index is 0.0394. The van der Waals surface area contributed by atoms with Crippen LogP contribution >= 0.6 is 0 Å². The van der Waals surface area contributed by atoms with Crippen molar-refractivity contribution in [3.05, 3.63) is 46.3 Å². The zero-order valence-corrected chi connectivity index (χ0v) is 17.4. The molecule has 2 amide bonds. The molecular weight excluding hydrogens is 445 g/mol. The maximum absolute atomic E-state index is 13.1. The lowest BCUT2D eigenvalue weighted by Crippen LogP contribution is -2.48. The van der Waals surface area contributed by atoms with Crippen molar-refractivity contribution < 1.29 is 27.7 Å². The minimum atomic E-state index is -4.51. The second-order valence-electron chi connectivity index (χ2n) is 7.95. The Morgan fingerprint density at radius 3 is 2.79 bits per heavy atom. The molecule has 0 radical (unpaired) electrons. The van der Waals surface area contributed by atoms with Crippen molar-refractivity contribution in [1.82, 2.24) is 9.97 Å². The number of hydrogen-bond acceptors (Lipinski definition) is 7. The Morgan fingerprint density at radius 1 is 1.33 bits per heavy atom. The lowest BCUT2D eigenvalue weighted by atomic mass is 10.0. The zero-order valence-electron chi connectivity index (χ0n) is 17.4. The Morgan fingerprint density at radius 2 is 2.09 bits per heavy atom. The number of rotatable bonds is 5. The van der Waals surface area contributed by atoms with E-state index in [4.69, 9.17) is 0 Å². The molecule has 0 aromatic carbocycles. The quantitative estimate of drug-likeness (QED) is 0.406. The van der Waals surface area contributed by atoms with Crippen molar-refractivity contribution in [2.24, 2.45) is 5.92 Å². The molecule has 2 atom stereocenters. The number of halogens is 3. The second-order valence-corrected chi connectivity index (χ2v) is 7.95. The van der Waals surface area contributed by atoms with Gasteiger partial charge in [0.2, 0.25) is 0 Å². The predicted molar refractivity (Wildman–Crippen MR) is 111 cm³/mol. The Kier molecular flexibility index (Phi) is 5.64. The molecule has 0 spiro atoms. The Bertz CT molecular complexity index is 1130. The van der Waals surface area contributed by atoms with E-state index in [0.29, 0.717) is 25.2 Å². The lowest BCUT2D eigenvalue weighted by Gasteiger charge is -2.35. The number of carbonyl (C=O) groups is 2. The van der Waals surface area contributed by atoms with Crippen LogP contribution in [-0.2, 0) is 0 Å². The fourth-order valence-electron chi connectivity index (χ4n) is 3.90. The van der Waals surface area contributed by atoms with Gasteiger partial charge in [-0.05, 0) is 18.6 Å². The van der Waals surface area contributed by atoms with Crippen molar-refractivity contribution in [1.29, 1.82) is 0 Å². The summed E-state index contributed by atoms with van der Waals surface area (Å²) in [5, 5.41) is 13.5. The molecule has 4 heterocycles.